The van der Waals surface area contributed by atoms with Gasteiger partial charge in [-0.3, -0.25) is 0 Å². The molecule has 0 aliphatic carbocycles. The molecule has 0 radical (unpaired) electrons. The molecule has 0 fully saturated rings. The van der Waals surface area contributed by atoms with Gasteiger partial charge < -0.3 is 5.73 Å². The van der Waals surface area contributed by atoms with Crippen LogP contribution >= 0.6 is 0 Å². The molecule has 14 heavy (non-hydrogen) atoms. The number of nitrogen functional groups attached to an aromatic ring is 1. The molecule has 0 unspecified atom stereocenters. The van der Waals surface area contributed by atoms with Gasteiger partial charge in [0, 0.05) is 17.7 Å². The van der Waals surface area contributed by atoms with Gasteiger partial charge in [-0.2, -0.15) is 0 Å². The highest BCUT2D eigenvalue weighted by Crippen LogP contribution is 2.14. The summed E-state index contributed by atoms with van der Waals surface area (Å²) in [5.41, 5.74) is 8.76. The molecule has 0 saturated heterocycles. The summed E-state index contributed by atoms with van der Waals surface area (Å²) in [4.78, 5) is 0. The van der Waals surface area contributed by atoms with Crippen LogP contribution in [-0.2, 0) is 0 Å². The highest BCUT2D eigenvalue weighted by atomic mass is 14.5. The molecular formula is C13H17N. The number of unbranched alkanes of at least 4 members (excludes halogenated alkanes) is 2. The molecule has 0 aromatic heterocycles. The van der Waals surface area contributed by atoms with E-state index in [2.05, 4.69) is 18.8 Å². The molecule has 1 nitrogen and oxygen atoms in total. The zero-order valence-corrected chi connectivity index (χ0v) is 8.93. The Bertz CT molecular complexity index is 355. The lowest BCUT2D eigenvalue weighted by Gasteiger charge is -2.00. The van der Waals surface area contributed by atoms with E-state index < -0.39 is 0 Å². The van der Waals surface area contributed by atoms with Crippen molar-refractivity contribution < 1.29 is 0 Å². The van der Waals surface area contributed by atoms with E-state index in [4.69, 9.17) is 5.73 Å². The first kappa shape index (κ1) is 10.7. The van der Waals surface area contributed by atoms with Crippen LogP contribution < -0.4 is 5.73 Å². The maximum Gasteiger partial charge on any atom is 0.0356 e. The number of anilines is 1. The molecule has 74 valence electrons. The van der Waals surface area contributed by atoms with Gasteiger partial charge in [0.25, 0.3) is 0 Å². The van der Waals surface area contributed by atoms with Gasteiger partial charge in [-0.25, -0.2) is 0 Å². The lowest BCUT2D eigenvalue weighted by molar-refractivity contribution is 0.828. The van der Waals surface area contributed by atoms with Crippen molar-refractivity contribution in [2.24, 2.45) is 0 Å². The molecular weight excluding hydrogens is 170 g/mol. The van der Waals surface area contributed by atoms with Crippen molar-refractivity contribution in [3.05, 3.63) is 29.3 Å². The van der Waals surface area contributed by atoms with E-state index in [0.717, 1.165) is 23.2 Å². The minimum atomic E-state index is 0.826. The second kappa shape index (κ2) is 5.34. The number of hydrogen-bond acceptors (Lipinski definition) is 1. The van der Waals surface area contributed by atoms with Crippen LogP contribution in [-0.4, -0.2) is 0 Å². The van der Waals surface area contributed by atoms with Crippen LogP contribution in [0.5, 0.6) is 0 Å². The van der Waals surface area contributed by atoms with E-state index in [1.165, 1.54) is 12.8 Å². The number of hydrogen-bond donors (Lipinski definition) is 1. The fourth-order valence-electron chi connectivity index (χ4n) is 1.21. The number of benzene rings is 1. The zero-order chi connectivity index (χ0) is 10.4. The van der Waals surface area contributed by atoms with Crippen LogP contribution in [0.1, 0.15) is 37.3 Å². The molecule has 0 aliphatic heterocycles. The van der Waals surface area contributed by atoms with Crippen LogP contribution in [0.2, 0.25) is 0 Å². The third-order valence-electron chi connectivity index (χ3n) is 2.25. The molecule has 1 aromatic carbocycles. The number of nitrogens with two attached hydrogens (primary N) is 1. The number of rotatable bonds is 2. The Balaban J connectivity index is 2.74. The van der Waals surface area contributed by atoms with Gasteiger partial charge in [0.2, 0.25) is 0 Å². The van der Waals surface area contributed by atoms with Crippen LogP contribution in [0.15, 0.2) is 18.2 Å². The summed E-state index contributed by atoms with van der Waals surface area (Å²) in [5, 5.41) is 0. The van der Waals surface area contributed by atoms with Crippen molar-refractivity contribution in [3.63, 3.8) is 0 Å². The zero-order valence-electron chi connectivity index (χ0n) is 8.93. The van der Waals surface area contributed by atoms with Crippen molar-refractivity contribution >= 4 is 5.69 Å². The summed E-state index contributed by atoms with van der Waals surface area (Å²) in [7, 11) is 0. The van der Waals surface area contributed by atoms with Crippen molar-refractivity contribution in [2.45, 2.75) is 33.1 Å². The summed E-state index contributed by atoms with van der Waals surface area (Å²) in [6.45, 7) is 4.19. The van der Waals surface area contributed by atoms with Gasteiger partial charge in [0.1, 0.15) is 0 Å². The van der Waals surface area contributed by atoms with Gasteiger partial charge >= 0.3 is 0 Å². The molecule has 1 heteroatoms. The Kier molecular flexibility index (Phi) is 4.07. The first-order chi connectivity index (χ1) is 6.75. The monoisotopic (exact) mass is 187 g/mol. The van der Waals surface area contributed by atoms with Gasteiger partial charge in [-0.15, -0.1) is 0 Å². The summed E-state index contributed by atoms with van der Waals surface area (Å²) in [5.74, 6) is 6.32. The molecule has 1 rings (SSSR count). The highest BCUT2D eigenvalue weighted by Gasteiger charge is 1.96. The summed E-state index contributed by atoms with van der Waals surface area (Å²) >= 11 is 0. The average molecular weight is 187 g/mol. The van der Waals surface area contributed by atoms with E-state index in [-0.39, 0.29) is 0 Å². The third kappa shape index (κ3) is 2.81. The maximum absolute atomic E-state index is 5.78. The highest BCUT2D eigenvalue weighted by molar-refractivity contribution is 5.55. The third-order valence-corrected chi connectivity index (χ3v) is 2.25. The second-order valence-corrected chi connectivity index (χ2v) is 3.43. The topological polar surface area (TPSA) is 26.0 Å². The summed E-state index contributed by atoms with van der Waals surface area (Å²) < 4.78 is 0. The van der Waals surface area contributed by atoms with Crippen LogP contribution in [0, 0.1) is 18.8 Å². The molecule has 0 bridgehead atoms. The fourth-order valence-corrected chi connectivity index (χ4v) is 1.21. The van der Waals surface area contributed by atoms with Gasteiger partial charge in [0.15, 0.2) is 0 Å². The normalized spacial score (nSPS) is 9.29. The Morgan fingerprint density at radius 2 is 2.14 bits per heavy atom. The predicted octanol–water partition coefficient (Wildman–Crippen LogP) is 3.12. The molecule has 0 spiro atoms. The van der Waals surface area contributed by atoms with Crippen molar-refractivity contribution in [1.29, 1.82) is 0 Å². The van der Waals surface area contributed by atoms with Gasteiger partial charge in [0.05, 0.1) is 0 Å². The Labute approximate surface area is 86.3 Å². The summed E-state index contributed by atoms with van der Waals surface area (Å²) in [6, 6.07) is 5.88. The molecule has 0 aliphatic rings. The minimum absolute atomic E-state index is 0.826. The first-order valence-corrected chi connectivity index (χ1v) is 5.09. The molecule has 2 N–H and O–H groups in total. The standard InChI is InChI=1S/C13H17N/c1-3-4-5-6-8-12-9-7-10-13(14)11(12)2/h7,9-10H,3-5,14H2,1-2H3. The van der Waals surface area contributed by atoms with Crippen LogP contribution in [0.4, 0.5) is 5.69 Å². The van der Waals surface area contributed by atoms with Crippen molar-refractivity contribution in [1.82, 2.24) is 0 Å². The Hall–Kier alpha value is -1.42. The maximum atomic E-state index is 5.78. The Morgan fingerprint density at radius 1 is 1.36 bits per heavy atom. The van der Waals surface area contributed by atoms with Crippen LogP contribution in [0.25, 0.3) is 0 Å². The van der Waals surface area contributed by atoms with E-state index in [1.807, 2.05) is 25.1 Å². The van der Waals surface area contributed by atoms with Crippen molar-refractivity contribution in [3.8, 4) is 11.8 Å². The second-order valence-electron chi connectivity index (χ2n) is 3.43. The van der Waals surface area contributed by atoms with Gasteiger partial charge in [-0.1, -0.05) is 31.3 Å². The molecule has 0 amide bonds. The van der Waals surface area contributed by atoms with E-state index >= 15 is 0 Å². The average Bonchev–Trinajstić information content (AvgIpc) is 2.19. The van der Waals surface area contributed by atoms with Gasteiger partial charge in [-0.05, 0) is 31.0 Å². The Morgan fingerprint density at radius 3 is 2.86 bits per heavy atom. The minimum Gasteiger partial charge on any atom is -0.398 e. The van der Waals surface area contributed by atoms with E-state index in [9.17, 15) is 0 Å². The largest absolute Gasteiger partial charge is 0.398 e. The van der Waals surface area contributed by atoms with Crippen molar-refractivity contribution in [2.75, 3.05) is 5.73 Å². The molecule has 0 atom stereocenters. The predicted molar refractivity (Wildman–Crippen MR) is 62.0 cm³/mol. The first-order valence-electron chi connectivity index (χ1n) is 5.09. The van der Waals surface area contributed by atoms with E-state index in [0.29, 0.717) is 0 Å². The molecule has 0 heterocycles. The van der Waals surface area contributed by atoms with E-state index in [1.54, 1.807) is 0 Å². The summed E-state index contributed by atoms with van der Waals surface area (Å²) in [6.07, 6.45) is 3.35. The lowest BCUT2D eigenvalue weighted by Crippen LogP contribution is -1.91. The van der Waals surface area contributed by atoms with Crippen LogP contribution in [0.3, 0.4) is 0 Å². The molecule has 1 aromatic rings. The SMILES string of the molecule is CCCCC#Cc1cccc(N)c1C. The fraction of sp³-hybridized carbons (Fsp3) is 0.385. The smallest absolute Gasteiger partial charge is 0.0356 e. The molecule has 0 saturated carbocycles. The quantitative estimate of drug-likeness (QED) is 0.429. The lowest BCUT2D eigenvalue weighted by atomic mass is 10.1.